The van der Waals surface area contributed by atoms with E-state index in [1.807, 2.05) is 0 Å². The Hall–Kier alpha value is -1.19. The van der Waals surface area contributed by atoms with E-state index in [0.29, 0.717) is 18.7 Å². The van der Waals surface area contributed by atoms with Gasteiger partial charge in [-0.15, -0.1) is 5.10 Å². The number of carbonyl (C=O) groups is 1. The Bertz CT molecular complexity index is 298. The summed E-state index contributed by atoms with van der Waals surface area (Å²) in [5.41, 5.74) is 1.31. The van der Waals surface area contributed by atoms with Crippen molar-refractivity contribution in [3.63, 3.8) is 0 Å². The van der Waals surface area contributed by atoms with Crippen molar-refractivity contribution in [3.05, 3.63) is 0 Å². The lowest BCUT2D eigenvalue weighted by atomic mass is 9.87. The fraction of sp³-hybridized carbons (Fsp3) is 0.700. The lowest BCUT2D eigenvalue weighted by Crippen LogP contribution is -2.24. The number of esters is 1. The molecule has 0 saturated heterocycles. The van der Waals surface area contributed by atoms with Crippen LogP contribution in [0.5, 0.6) is 0 Å². The topological polar surface area (TPSA) is 51.0 Å². The van der Waals surface area contributed by atoms with Gasteiger partial charge in [0.1, 0.15) is 0 Å². The number of hydrogen-bond donors (Lipinski definition) is 0. The van der Waals surface area contributed by atoms with E-state index in [2.05, 4.69) is 31.0 Å². The molecule has 0 atom stereocenters. The third-order valence-corrected chi connectivity index (χ3v) is 2.00. The highest BCUT2D eigenvalue weighted by molar-refractivity contribution is 6.41. The van der Waals surface area contributed by atoms with Crippen molar-refractivity contribution in [2.45, 2.75) is 34.1 Å². The summed E-state index contributed by atoms with van der Waals surface area (Å²) < 4.78 is 4.84. The highest BCUT2D eigenvalue weighted by atomic mass is 16.5. The van der Waals surface area contributed by atoms with E-state index in [4.69, 9.17) is 4.74 Å². The summed E-state index contributed by atoms with van der Waals surface area (Å²) in [4.78, 5) is 11.3. The van der Waals surface area contributed by atoms with Gasteiger partial charge in [0, 0.05) is 11.8 Å². The predicted octanol–water partition coefficient (Wildman–Crippen LogP) is 1.80. The zero-order valence-electron chi connectivity index (χ0n) is 9.13. The Kier molecular flexibility index (Phi) is 3.03. The summed E-state index contributed by atoms with van der Waals surface area (Å²) in [7, 11) is 0. The second-order valence-corrected chi connectivity index (χ2v) is 4.24. The molecule has 0 bridgehead atoms. The van der Waals surface area contributed by atoms with Gasteiger partial charge in [0.2, 0.25) is 0 Å². The zero-order valence-corrected chi connectivity index (χ0v) is 9.13. The van der Waals surface area contributed by atoms with Crippen LogP contribution in [-0.2, 0) is 9.53 Å². The first kappa shape index (κ1) is 10.9. The zero-order chi connectivity index (χ0) is 10.8. The Morgan fingerprint density at radius 2 is 2.07 bits per heavy atom. The smallest absolute Gasteiger partial charge is 0.354 e. The normalized spacial score (nSPS) is 16.3. The standard InChI is InChI=1S/C10H16N2O2/c1-5-14-9(13)7-6-8(12-11-7)10(2,3)4/h5-6H2,1-4H3. The second-order valence-electron chi connectivity index (χ2n) is 4.24. The first-order valence-corrected chi connectivity index (χ1v) is 4.76. The lowest BCUT2D eigenvalue weighted by molar-refractivity contribution is -0.135. The van der Waals surface area contributed by atoms with Crippen LogP contribution in [0.1, 0.15) is 34.1 Å². The maximum atomic E-state index is 11.3. The summed E-state index contributed by atoms with van der Waals surface area (Å²) in [6, 6.07) is 0. The molecule has 0 spiro atoms. The average Bonchev–Trinajstić information content (AvgIpc) is 2.51. The van der Waals surface area contributed by atoms with Crippen molar-refractivity contribution in [1.29, 1.82) is 0 Å². The molecule has 1 aliphatic heterocycles. The molecule has 0 fully saturated rings. The Labute approximate surface area is 84.1 Å². The molecular weight excluding hydrogens is 180 g/mol. The SMILES string of the molecule is CCOC(=O)C1=NN=C(C(C)(C)C)C1. The van der Waals surface area contributed by atoms with Crippen molar-refractivity contribution >= 4 is 17.4 Å². The molecule has 78 valence electrons. The third kappa shape index (κ3) is 2.40. The Morgan fingerprint density at radius 3 is 2.50 bits per heavy atom. The molecule has 14 heavy (non-hydrogen) atoms. The number of ether oxygens (including phenoxy) is 1. The van der Waals surface area contributed by atoms with Crippen LogP contribution in [0.15, 0.2) is 10.2 Å². The van der Waals surface area contributed by atoms with E-state index < -0.39 is 0 Å². The fourth-order valence-corrected chi connectivity index (χ4v) is 1.09. The molecule has 0 aliphatic carbocycles. The molecule has 0 aromatic heterocycles. The van der Waals surface area contributed by atoms with Gasteiger partial charge in [0.05, 0.1) is 12.3 Å². The van der Waals surface area contributed by atoms with Gasteiger partial charge in [0.15, 0.2) is 5.71 Å². The van der Waals surface area contributed by atoms with Crippen LogP contribution < -0.4 is 0 Å². The third-order valence-electron chi connectivity index (χ3n) is 2.00. The average molecular weight is 196 g/mol. The van der Waals surface area contributed by atoms with Gasteiger partial charge in [-0.05, 0) is 6.92 Å². The van der Waals surface area contributed by atoms with Crippen molar-refractivity contribution < 1.29 is 9.53 Å². The summed E-state index contributed by atoms with van der Waals surface area (Å²) in [6.07, 6.45) is 0.516. The Morgan fingerprint density at radius 1 is 1.43 bits per heavy atom. The minimum Gasteiger partial charge on any atom is -0.461 e. The molecule has 0 amide bonds. The Balaban J connectivity index is 2.58. The number of nitrogens with zero attached hydrogens (tertiary/aromatic N) is 2. The maximum absolute atomic E-state index is 11.3. The number of carbonyl (C=O) groups excluding carboxylic acids is 1. The molecule has 1 rings (SSSR count). The van der Waals surface area contributed by atoms with Crippen molar-refractivity contribution in [1.82, 2.24) is 0 Å². The van der Waals surface area contributed by atoms with Crippen LogP contribution in [0.3, 0.4) is 0 Å². The highest BCUT2D eigenvalue weighted by Crippen LogP contribution is 2.22. The van der Waals surface area contributed by atoms with Gasteiger partial charge in [-0.3, -0.25) is 0 Å². The molecule has 1 aliphatic rings. The van der Waals surface area contributed by atoms with Gasteiger partial charge >= 0.3 is 5.97 Å². The van der Waals surface area contributed by atoms with E-state index in [1.54, 1.807) is 6.92 Å². The predicted molar refractivity (Wildman–Crippen MR) is 55.6 cm³/mol. The minimum absolute atomic E-state index is 0.0300. The van der Waals surface area contributed by atoms with E-state index >= 15 is 0 Å². The molecule has 0 aromatic rings. The van der Waals surface area contributed by atoms with Crippen molar-refractivity contribution in [2.24, 2.45) is 15.6 Å². The van der Waals surface area contributed by atoms with E-state index in [9.17, 15) is 4.79 Å². The van der Waals surface area contributed by atoms with Crippen molar-refractivity contribution in [2.75, 3.05) is 6.61 Å². The second kappa shape index (κ2) is 3.90. The van der Waals surface area contributed by atoms with Gasteiger partial charge < -0.3 is 4.74 Å². The van der Waals surface area contributed by atoms with Crippen LogP contribution >= 0.6 is 0 Å². The molecule has 1 heterocycles. The monoisotopic (exact) mass is 196 g/mol. The maximum Gasteiger partial charge on any atom is 0.354 e. The van der Waals surface area contributed by atoms with Crippen molar-refractivity contribution in [3.8, 4) is 0 Å². The van der Waals surface area contributed by atoms with Gasteiger partial charge in [-0.1, -0.05) is 20.8 Å². The first-order valence-electron chi connectivity index (χ1n) is 4.76. The molecule has 0 aromatic carbocycles. The molecule has 0 N–H and O–H groups in total. The van der Waals surface area contributed by atoms with Gasteiger partial charge in [-0.25, -0.2) is 4.79 Å². The lowest BCUT2D eigenvalue weighted by Gasteiger charge is -2.17. The number of hydrogen-bond acceptors (Lipinski definition) is 4. The van der Waals surface area contributed by atoms with Gasteiger partial charge in [-0.2, -0.15) is 5.10 Å². The van der Waals surface area contributed by atoms with Crippen LogP contribution in [0.4, 0.5) is 0 Å². The number of rotatable bonds is 2. The molecule has 0 radical (unpaired) electrons. The summed E-state index contributed by atoms with van der Waals surface area (Å²) in [5.74, 6) is -0.351. The summed E-state index contributed by atoms with van der Waals surface area (Å²) in [6.45, 7) is 8.31. The van der Waals surface area contributed by atoms with Crippen LogP contribution in [0, 0.1) is 5.41 Å². The van der Waals surface area contributed by atoms with Crippen LogP contribution in [-0.4, -0.2) is 24.0 Å². The molecule has 0 unspecified atom stereocenters. The van der Waals surface area contributed by atoms with Crippen LogP contribution in [0.25, 0.3) is 0 Å². The quantitative estimate of drug-likeness (QED) is 0.632. The molecule has 0 saturated carbocycles. The van der Waals surface area contributed by atoms with E-state index in [-0.39, 0.29) is 11.4 Å². The first-order chi connectivity index (χ1) is 6.45. The highest BCUT2D eigenvalue weighted by Gasteiger charge is 2.28. The molecular formula is C10H16N2O2. The summed E-state index contributed by atoms with van der Waals surface area (Å²) in [5, 5.41) is 7.83. The van der Waals surface area contributed by atoms with Gasteiger partial charge in [0.25, 0.3) is 0 Å². The molecule has 4 nitrogen and oxygen atoms in total. The fourth-order valence-electron chi connectivity index (χ4n) is 1.09. The molecule has 4 heteroatoms. The van der Waals surface area contributed by atoms with E-state index in [0.717, 1.165) is 5.71 Å². The minimum atomic E-state index is -0.351. The summed E-state index contributed by atoms with van der Waals surface area (Å²) >= 11 is 0. The van der Waals surface area contributed by atoms with E-state index in [1.165, 1.54) is 0 Å². The largest absolute Gasteiger partial charge is 0.461 e. The van der Waals surface area contributed by atoms with Crippen LogP contribution in [0.2, 0.25) is 0 Å².